The van der Waals surface area contributed by atoms with Gasteiger partial charge in [-0.3, -0.25) is 5.32 Å². The van der Waals surface area contributed by atoms with Crippen LogP contribution in [0.2, 0.25) is 0 Å². The number of aromatic nitrogens is 3. The molecule has 2 amide bonds. The fraction of sp³-hybridized carbons (Fsp3) is 0.290. The minimum absolute atomic E-state index is 0.271. The van der Waals surface area contributed by atoms with Crippen LogP contribution >= 0.6 is 11.8 Å². The minimum atomic E-state index is -4.74. The molecular formula is C31H33F3N6O2S. The summed E-state index contributed by atoms with van der Waals surface area (Å²) in [4.78, 5) is 21.5. The third-order valence-corrected chi connectivity index (χ3v) is 7.13. The SMILES string of the molecule is CCSC(=Nc1c(C)cccc1C)NC(=O)NCCCCc1ccc(-c2ncn(-c3ccc(OC(F)(F)F)cc3)n2)cc1. The van der Waals surface area contributed by atoms with E-state index < -0.39 is 6.36 Å². The first-order chi connectivity index (χ1) is 20.6. The van der Waals surface area contributed by atoms with E-state index in [0.717, 1.165) is 53.0 Å². The lowest BCUT2D eigenvalue weighted by Gasteiger charge is -2.11. The number of amidine groups is 1. The highest BCUT2D eigenvalue weighted by molar-refractivity contribution is 8.13. The fourth-order valence-electron chi connectivity index (χ4n) is 4.25. The summed E-state index contributed by atoms with van der Waals surface area (Å²) >= 11 is 1.49. The van der Waals surface area contributed by atoms with Gasteiger partial charge < -0.3 is 10.1 Å². The Morgan fingerprint density at radius 3 is 2.35 bits per heavy atom. The zero-order valence-electron chi connectivity index (χ0n) is 24.1. The van der Waals surface area contributed by atoms with Crippen LogP contribution in [0.4, 0.5) is 23.7 Å². The molecule has 226 valence electrons. The van der Waals surface area contributed by atoms with Crippen LogP contribution < -0.4 is 15.4 Å². The minimum Gasteiger partial charge on any atom is -0.406 e. The van der Waals surface area contributed by atoms with E-state index in [4.69, 9.17) is 0 Å². The quantitative estimate of drug-likeness (QED) is 0.110. The predicted octanol–water partition coefficient (Wildman–Crippen LogP) is 7.51. The Balaban J connectivity index is 1.22. The summed E-state index contributed by atoms with van der Waals surface area (Å²) in [6, 6.07) is 19.0. The molecule has 1 heterocycles. The summed E-state index contributed by atoms with van der Waals surface area (Å²) in [7, 11) is 0. The van der Waals surface area contributed by atoms with Crippen LogP contribution in [-0.4, -0.2) is 44.6 Å². The topological polar surface area (TPSA) is 93.4 Å². The van der Waals surface area contributed by atoms with Gasteiger partial charge in [-0.2, -0.15) is 0 Å². The second kappa shape index (κ2) is 14.7. The first kappa shape index (κ1) is 31.6. The Kier molecular flexibility index (Phi) is 10.8. The van der Waals surface area contributed by atoms with Gasteiger partial charge in [0.1, 0.15) is 12.1 Å². The first-order valence-corrected chi connectivity index (χ1v) is 14.8. The number of aryl methyl sites for hydroxylation is 3. The number of aliphatic imine (C=N–C) groups is 1. The maximum absolute atomic E-state index is 12.5. The van der Waals surface area contributed by atoms with Crippen LogP contribution in [0.1, 0.15) is 36.5 Å². The van der Waals surface area contributed by atoms with E-state index >= 15 is 0 Å². The molecule has 0 aliphatic heterocycles. The van der Waals surface area contributed by atoms with Gasteiger partial charge >= 0.3 is 12.4 Å². The lowest BCUT2D eigenvalue weighted by atomic mass is 10.1. The lowest BCUT2D eigenvalue weighted by Crippen LogP contribution is -2.38. The van der Waals surface area contributed by atoms with Crippen molar-refractivity contribution in [3.63, 3.8) is 0 Å². The summed E-state index contributed by atoms with van der Waals surface area (Å²) in [5.74, 6) is 0.989. The van der Waals surface area contributed by atoms with E-state index in [1.165, 1.54) is 47.0 Å². The molecule has 0 spiro atoms. The third kappa shape index (κ3) is 9.60. The van der Waals surface area contributed by atoms with Gasteiger partial charge in [0.15, 0.2) is 11.0 Å². The molecular weight excluding hydrogens is 577 g/mol. The lowest BCUT2D eigenvalue weighted by molar-refractivity contribution is -0.274. The Morgan fingerprint density at radius 1 is 1.00 bits per heavy atom. The maximum atomic E-state index is 12.5. The number of para-hydroxylation sites is 1. The van der Waals surface area contributed by atoms with E-state index in [0.29, 0.717) is 23.2 Å². The van der Waals surface area contributed by atoms with Crippen molar-refractivity contribution >= 4 is 28.6 Å². The van der Waals surface area contributed by atoms with Crippen molar-refractivity contribution in [1.29, 1.82) is 0 Å². The fourth-order valence-corrected chi connectivity index (χ4v) is 4.85. The Hall–Kier alpha value is -4.32. The molecule has 43 heavy (non-hydrogen) atoms. The molecule has 0 bridgehead atoms. The van der Waals surface area contributed by atoms with Crippen molar-refractivity contribution in [2.24, 2.45) is 4.99 Å². The molecule has 8 nitrogen and oxygen atoms in total. The molecule has 0 saturated carbocycles. The van der Waals surface area contributed by atoms with Gasteiger partial charge in [-0.05, 0) is 79.8 Å². The number of unbranched alkanes of at least 4 members (excludes halogenated alkanes) is 1. The second-order valence-corrected chi connectivity index (χ2v) is 10.9. The molecule has 3 aromatic carbocycles. The number of rotatable bonds is 10. The summed E-state index contributed by atoms with van der Waals surface area (Å²) in [6.07, 6.45) is -0.670. The van der Waals surface area contributed by atoms with E-state index in [9.17, 15) is 18.0 Å². The van der Waals surface area contributed by atoms with E-state index in [-0.39, 0.29) is 11.8 Å². The Morgan fingerprint density at radius 2 is 1.70 bits per heavy atom. The standard InChI is InChI=1S/C31H33F3N6O2S/c1-4-43-30(37-27-21(2)8-7-9-22(27)3)38-29(41)35-19-6-5-10-23-11-13-24(14-12-23)28-36-20-40(39-28)25-15-17-26(18-16-25)42-31(32,33)34/h7-9,11-18,20H,4-6,10,19H2,1-3H3,(H2,35,37,38,41). The van der Waals surface area contributed by atoms with Gasteiger partial charge in [-0.1, -0.05) is 61.2 Å². The number of carbonyl (C=O) groups excluding carboxylic acids is 1. The van der Waals surface area contributed by atoms with Gasteiger partial charge in [0.05, 0.1) is 11.4 Å². The van der Waals surface area contributed by atoms with Crippen molar-refractivity contribution in [2.75, 3.05) is 12.3 Å². The number of hydrogen-bond acceptors (Lipinski definition) is 6. The highest BCUT2D eigenvalue weighted by Gasteiger charge is 2.31. The molecule has 0 radical (unpaired) electrons. The molecule has 0 unspecified atom stereocenters. The van der Waals surface area contributed by atoms with E-state index in [2.05, 4.69) is 30.4 Å². The summed E-state index contributed by atoms with van der Waals surface area (Å²) < 4.78 is 42.5. The number of benzene rings is 3. The number of nitrogens with zero attached hydrogens (tertiary/aromatic N) is 4. The Bertz CT molecular complexity index is 1520. The highest BCUT2D eigenvalue weighted by atomic mass is 32.2. The van der Waals surface area contributed by atoms with Gasteiger partial charge in [-0.25, -0.2) is 19.5 Å². The molecule has 0 saturated heterocycles. The van der Waals surface area contributed by atoms with Gasteiger partial charge in [0.25, 0.3) is 0 Å². The van der Waals surface area contributed by atoms with Crippen LogP contribution in [0.3, 0.4) is 0 Å². The summed E-state index contributed by atoms with van der Waals surface area (Å²) in [5.41, 5.74) is 5.52. The maximum Gasteiger partial charge on any atom is 0.573 e. The number of alkyl halides is 3. The van der Waals surface area contributed by atoms with Crippen molar-refractivity contribution in [1.82, 2.24) is 25.4 Å². The van der Waals surface area contributed by atoms with Crippen molar-refractivity contribution in [3.8, 4) is 22.8 Å². The number of carbonyl (C=O) groups is 1. The molecule has 4 rings (SSSR count). The normalized spacial score (nSPS) is 11.8. The summed E-state index contributed by atoms with van der Waals surface area (Å²) in [5, 5.41) is 10.8. The molecule has 1 aromatic heterocycles. The molecule has 0 aliphatic rings. The van der Waals surface area contributed by atoms with E-state index in [1.807, 2.05) is 63.2 Å². The smallest absolute Gasteiger partial charge is 0.406 e. The van der Waals surface area contributed by atoms with E-state index in [1.54, 1.807) is 0 Å². The molecule has 0 fully saturated rings. The van der Waals surface area contributed by atoms with Gasteiger partial charge in [0, 0.05) is 12.1 Å². The van der Waals surface area contributed by atoms with Gasteiger partial charge in [-0.15, -0.1) is 18.3 Å². The van der Waals surface area contributed by atoms with Crippen LogP contribution in [0.5, 0.6) is 5.75 Å². The average molecular weight is 611 g/mol. The number of hydrogen-bond donors (Lipinski definition) is 2. The van der Waals surface area contributed by atoms with Gasteiger partial charge in [0.2, 0.25) is 0 Å². The van der Waals surface area contributed by atoms with Crippen LogP contribution in [0, 0.1) is 13.8 Å². The monoisotopic (exact) mass is 610 g/mol. The third-order valence-electron chi connectivity index (χ3n) is 6.37. The predicted molar refractivity (Wildman–Crippen MR) is 164 cm³/mol. The second-order valence-electron chi connectivity index (χ2n) is 9.68. The first-order valence-electron chi connectivity index (χ1n) is 13.8. The molecule has 4 aromatic rings. The number of thioether (sulfide) groups is 1. The highest BCUT2D eigenvalue weighted by Crippen LogP contribution is 2.25. The van der Waals surface area contributed by atoms with Crippen LogP contribution in [0.15, 0.2) is 78.0 Å². The summed E-state index contributed by atoms with van der Waals surface area (Å²) in [6.45, 7) is 6.57. The average Bonchev–Trinajstić information content (AvgIpc) is 3.45. The zero-order valence-corrected chi connectivity index (χ0v) is 24.9. The number of nitrogens with one attached hydrogen (secondary N) is 2. The van der Waals surface area contributed by atoms with Crippen molar-refractivity contribution < 1.29 is 22.7 Å². The molecule has 2 N–H and O–H groups in total. The number of halogens is 3. The number of amides is 2. The van der Waals surface area contributed by atoms with Crippen molar-refractivity contribution in [2.45, 2.75) is 46.4 Å². The molecule has 12 heteroatoms. The number of ether oxygens (including phenoxy) is 1. The molecule has 0 aliphatic carbocycles. The van der Waals surface area contributed by atoms with Crippen LogP contribution in [0.25, 0.3) is 17.1 Å². The van der Waals surface area contributed by atoms with Crippen LogP contribution in [-0.2, 0) is 6.42 Å². The molecule has 0 atom stereocenters. The Labute approximate surface area is 252 Å². The number of urea groups is 1. The largest absolute Gasteiger partial charge is 0.573 e. The zero-order chi connectivity index (χ0) is 30.8. The van der Waals surface area contributed by atoms with Crippen molar-refractivity contribution in [3.05, 3.63) is 89.7 Å².